The first-order chi connectivity index (χ1) is 9.98. The molecule has 0 saturated heterocycles. The second-order valence-corrected chi connectivity index (χ2v) is 4.57. The van der Waals surface area contributed by atoms with E-state index in [4.69, 9.17) is 15.6 Å². The second-order valence-electron chi connectivity index (χ2n) is 4.57. The molecule has 0 fully saturated rings. The number of nitrogens with two attached hydrogens (primary N) is 1. The number of carbonyl (C=O) groups excluding carboxylic acids is 1. The molecule has 1 aromatic carbocycles. The number of halogens is 3. The van der Waals surface area contributed by atoms with Crippen LogP contribution in [0.25, 0.3) is 0 Å². The molecule has 22 heavy (non-hydrogen) atoms. The summed E-state index contributed by atoms with van der Waals surface area (Å²) in [6, 6.07) is 5.54. The van der Waals surface area contributed by atoms with Gasteiger partial charge in [0, 0.05) is 0 Å². The lowest BCUT2D eigenvalue weighted by atomic mass is 10.00. The number of hydrogen-bond acceptors (Lipinski definition) is 4. The maximum atomic E-state index is 11.1. The number of carboxylic acid groups (broad SMARTS) is 1. The topological polar surface area (TPSA) is 89.6 Å². The predicted molar refractivity (Wildman–Crippen MR) is 73.3 cm³/mol. The van der Waals surface area contributed by atoms with Crippen molar-refractivity contribution in [1.82, 2.24) is 0 Å². The monoisotopic (exact) mass is 321 g/mol. The summed E-state index contributed by atoms with van der Waals surface area (Å²) in [4.78, 5) is 20.0. The Kier molecular flexibility index (Phi) is 7.58. The van der Waals surface area contributed by atoms with E-state index in [0.717, 1.165) is 11.1 Å². The summed E-state index contributed by atoms with van der Waals surface area (Å²) in [5.74, 6) is -3.12. The minimum Gasteiger partial charge on any atom is -0.475 e. The maximum absolute atomic E-state index is 11.1. The summed E-state index contributed by atoms with van der Waals surface area (Å²) in [6.45, 7) is 4.06. The van der Waals surface area contributed by atoms with Crippen LogP contribution >= 0.6 is 0 Å². The fourth-order valence-electron chi connectivity index (χ4n) is 1.55. The maximum Gasteiger partial charge on any atom is 0.490 e. The van der Waals surface area contributed by atoms with Gasteiger partial charge >= 0.3 is 18.1 Å². The number of ether oxygens (including phenoxy) is 1. The molecule has 0 radical (unpaired) electrons. The van der Waals surface area contributed by atoms with Crippen LogP contribution in [0.1, 0.15) is 16.7 Å². The number of aryl methyl sites for hydroxylation is 2. The largest absolute Gasteiger partial charge is 0.490 e. The molecule has 0 saturated carbocycles. The number of benzene rings is 1. The van der Waals surface area contributed by atoms with Gasteiger partial charge < -0.3 is 15.6 Å². The van der Waals surface area contributed by atoms with E-state index in [2.05, 4.69) is 10.8 Å². The average Bonchev–Trinajstić information content (AvgIpc) is 2.40. The quantitative estimate of drug-likeness (QED) is 0.831. The van der Waals surface area contributed by atoms with Crippen LogP contribution in [-0.2, 0) is 20.7 Å². The van der Waals surface area contributed by atoms with Crippen LogP contribution in [0.3, 0.4) is 0 Å². The number of alkyl halides is 3. The van der Waals surface area contributed by atoms with E-state index >= 15 is 0 Å². The van der Waals surface area contributed by atoms with Crippen LogP contribution in [-0.4, -0.2) is 36.4 Å². The third-order valence-corrected chi connectivity index (χ3v) is 2.68. The highest BCUT2D eigenvalue weighted by Gasteiger charge is 2.38. The molecule has 1 rings (SSSR count). The highest BCUT2D eigenvalue weighted by Crippen LogP contribution is 2.13. The number of carboxylic acids is 1. The molecule has 3 N–H and O–H groups in total. The lowest BCUT2D eigenvalue weighted by Gasteiger charge is -2.11. The number of hydrogen-bond donors (Lipinski definition) is 2. The van der Waals surface area contributed by atoms with E-state index in [1.165, 1.54) is 12.7 Å². The summed E-state index contributed by atoms with van der Waals surface area (Å²) in [6.07, 6.45) is -4.56. The zero-order valence-electron chi connectivity index (χ0n) is 12.4. The van der Waals surface area contributed by atoms with Gasteiger partial charge in [0.05, 0.1) is 7.11 Å². The SMILES string of the molecule is COC(=O)C(N)Cc1ccc(C)cc1C.O=C(O)C(F)(F)F. The zero-order chi connectivity index (χ0) is 17.5. The minimum absolute atomic E-state index is 0.366. The van der Waals surface area contributed by atoms with Gasteiger partial charge in [-0.2, -0.15) is 13.2 Å². The molecule has 0 spiro atoms. The fraction of sp³-hybridized carbons (Fsp3) is 0.429. The van der Waals surface area contributed by atoms with Crippen molar-refractivity contribution in [3.05, 3.63) is 34.9 Å². The Hall–Kier alpha value is -2.09. The van der Waals surface area contributed by atoms with Crippen molar-refractivity contribution in [2.75, 3.05) is 7.11 Å². The van der Waals surface area contributed by atoms with Gasteiger partial charge in [0.25, 0.3) is 0 Å². The van der Waals surface area contributed by atoms with Crippen molar-refractivity contribution in [1.29, 1.82) is 0 Å². The predicted octanol–water partition coefficient (Wildman–Crippen LogP) is 1.98. The van der Waals surface area contributed by atoms with E-state index in [0.29, 0.717) is 6.42 Å². The van der Waals surface area contributed by atoms with Gasteiger partial charge in [-0.05, 0) is 31.4 Å². The van der Waals surface area contributed by atoms with E-state index in [1.54, 1.807) is 0 Å². The summed E-state index contributed by atoms with van der Waals surface area (Å²) in [5.41, 5.74) is 9.16. The molecule has 0 aromatic heterocycles. The molecule has 8 heteroatoms. The Labute approximate surface area is 125 Å². The molecule has 0 bridgehead atoms. The standard InChI is InChI=1S/C12H17NO2.C2HF3O2/c1-8-4-5-10(9(2)6-8)7-11(13)12(14)15-3;3-2(4,5)1(6)7/h4-6,11H,7,13H2,1-3H3;(H,6,7). The lowest BCUT2D eigenvalue weighted by molar-refractivity contribution is -0.192. The van der Waals surface area contributed by atoms with Gasteiger partial charge in [-0.15, -0.1) is 0 Å². The molecule has 0 heterocycles. The Morgan fingerprint density at radius 3 is 2.18 bits per heavy atom. The molecular formula is C14H18F3NO4. The lowest BCUT2D eigenvalue weighted by Crippen LogP contribution is -2.33. The number of rotatable bonds is 3. The first kappa shape index (κ1) is 19.9. The van der Waals surface area contributed by atoms with Gasteiger partial charge in [0.2, 0.25) is 0 Å². The number of esters is 1. The molecule has 1 aromatic rings. The summed E-state index contributed by atoms with van der Waals surface area (Å²) >= 11 is 0. The van der Waals surface area contributed by atoms with Gasteiger partial charge in [0.15, 0.2) is 0 Å². The number of aliphatic carboxylic acids is 1. The van der Waals surface area contributed by atoms with E-state index < -0.39 is 18.2 Å². The molecule has 124 valence electrons. The second kappa shape index (κ2) is 8.38. The average molecular weight is 321 g/mol. The van der Waals surface area contributed by atoms with Crippen LogP contribution in [0, 0.1) is 13.8 Å². The van der Waals surface area contributed by atoms with Crippen molar-refractivity contribution >= 4 is 11.9 Å². The summed E-state index contributed by atoms with van der Waals surface area (Å²) in [5, 5.41) is 7.12. The van der Waals surface area contributed by atoms with Crippen molar-refractivity contribution in [3.63, 3.8) is 0 Å². The highest BCUT2D eigenvalue weighted by atomic mass is 19.4. The van der Waals surface area contributed by atoms with E-state index in [1.807, 2.05) is 26.0 Å². The first-order valence-corrected chi connectivity index (χ1v) is 6.18. The van der Waals surface area contributed by atoms with Crippen LogP contribution in [0.5, 0.6) is 0 Å². The molecule has 0 aliphatic carbocycles. The summed E-state index contributed by atoms with van der Waals surface area (Å²) < 4.78 is 36.3. The van der Waals surface area contributed by atoms with Gasteiger partial charge in [-0.25, -0.2) is 4.79 Å². The Morgan fingerprint density at radius 2 is 1.82 bits per heavy atom. The highest BCUT2D eigenvalue weighted by molar-refractivity contribution is 5.75. The number of carbonyl (C=O) groups is 2. The smallest absolute Gasteiger partial charge is 0.475 e. The van der Waals surface area contributed by atoms with Crippen LogP contribution in [0.2, 0.25) is 0 Å². The first-order valence-electron chi connectivity index (χ1n) is 6.18. The van der Waals surface area contributed by atoms with Gasteiger partial charge in [-0.3, -0.25) is 4.79 Å². The molecule has 0 aliphatic heterocycles. The molecule has 1 unspecified atom stereocenters. The van der Waals surface area contributed by atoms with Crippen molar-refractivity contribution in [2.24, 2.45) is 5.73 Å². The Balaban J connectivity index is 0.000000534. The Bertz CT molecular complexity index is 529. The van der Waals surface area contributed by atoms with Gasteiger partial charge in [0.1, 0.15) is 6.04 Å². The third-order valence-electron chi connectivity index (χ3n) is 2.68. The Morgan fingerprint density at radius 1 is 1.32 bits per heavy atom. The summed E-state index contributed by atoms with van der Waals surface area (Å²) in [7, 11) is 1.35. The molecule has 0 aliphatic rings. The van der Waals surface area contributed by atoms with Crippen LogP contribution < -0.4 is 5.73 Å². The van der Waals surface area contributed by atoms with Crippen molar-refractivity contribution in [3.8, 4) is 0 Å². The zero-order valence-corrected chi connectivity index (χ0v) is 12.4. The molecule has 1 atom stereocenters. The van der Waals surface area contributed by atoms with E-state index in [-0.39, 0.29) is 5.97 Å². The van der Waals surface area contributed by atoms with Crippen molar-refractivity contribution in [2.45, 2.75) is 32.5 Å². The van der Waals surface area contributed by atoms with Crippen molar-refractivity contribution < 1.29 is 32.6 Å². The minimum atomic E-state index is -5.08. The molecule has 0 amide bonds. The number of methoxy groups -OCH3 is 1. The van der Waals surface area contributed by atoms with E-state index in [9.17, 15) is 18.0 Å². The molecular weight excluding hydrogens is 303 g/mol. The van der Waals surface area contributed by atoms with Gasteiger partial charge in [-0.1, -0.05) is 23.8 Å². The molecule has 5 nitrogen and oxygen atoms in total. The fourth-order valence-corrected chi connectivity index (χ4v) is 1.55. The third kappa shape index (κ3) is 7.07. The van der Waals surface area contributed by atoms with Crippen LogP contribution in [0.15, 0.2) is 18.2 Å². The van der Waals surface area contributed by atoms with Crippen LogP contribution in [0.4, 0.5) is 13.2 Å². The normalized spacial score (nSPS) is 12.0.